The van der Waals surface area contributed by atoms with Crippen molar-refractivity contribution in [3.63, 3.8) is 0 Å². The molecular formula is C24H24N4O. The molecule has 0 spiro atoms. The molecule has 4 aromatic rings. The maximum Gasteiger partial charge on any atom is 0.235 e. The summed E-state index contributed by atoms with van der Waals surface area (Å²) in [5.74, 6) is 0.0755. The normalized spacial score (nSPS) is 13.4. The van der Waals surface area contributed by atoms with Crippen LogP contribution in [-0.4, -0.2) is 20.9 Å². The molecule has 146 valence electrons. The maximum absolute atomic E-state index is 13.2. The van der Waals surface area contributed by atoms with Crippen molar-refractivity contribution >= 4 is 22.6 Å². The van der Waals surface area contributed by atoms with Crippen molar-refractivity contribution in [2.24, 2.45) is 5.92 Å². The van der Waals surface area contributed by atoms with Crippen LogP contribution in [0, 0.1) is 5.92 Å². The Morgan fingerprint density at radius 1 is 1.07 bits per heavy atom. The topological polar surface area (TPSA) is 70.7 Å². The molecule has 1 amide bonds. The van der Waals surface area contributed by atoms with E-state index in [4.69, 9.17) is 0 Å². The summed E-state index contributed by atoms with van der Waals surface area (Å²) in [4.78, 5) is 24.9. The summed E-state index contributed by atoms with van der Waals surface area (Å²) in [5.41, 5.74) is 4.01. The fraction of sp³-hybridized carbons (Fsp3) is 0.208. The van der Waals surface area contributed by atoms with Crippen LogP contribution in [-0.2, 0) is 10.2 Å². The molecule has 2 N–H and O–H groups in total. The number of amides is 1. The molecular weight excluding hydrogens is 360 g/mol. The second-order valence-corrected chi connectivity index (χ2v) is 7.77. The first-order chi connectivity index (χ1) is 14.0. The average molecular weight is 384 g/mol. The van der Waals surface area contributed by atoms with Crippen molar-refractivity contribution in [3.8, 4) is 11.1 Å². The van der Waals surface area contributed by atoms with Crippen molar-refractivity contribution in [3.05, 3.63) is 78.9 Å². The minimum absolute atomic E-state index is 0.0383. The van der Waals surface area contributed by atoms with Gasteiger partial charge in [-0.2, -0.15) is 0 Å². The van der Waals surface area contributed by atoms with Crippen LogP contribution < -0.4 is 5.32 Å². The van der Waals surface area contributed by atoms with Crippen molar-refractivity contribution in [2.75, 3.05) is 5.32 Å². The number of H-pyrrole nitrogens is 1. The number of carbonyl (C=O) groups excluding carboxylic acids is 1. The highest BCUT2D eigenvalue weighted by atomic mass is 16.2. The quantitative estimate of drug-likeness (QED) is 0.498. The van der Waals surface area contributed by atoms with Gasteiger partial charge in [-0.3, -0.25) is 9.78 Å². The van der Waals surface area contributed by atoms with E-state index in [-0.39, 0.29) is 11.8 Å². The van der Waals surface area contributed by atoms with Crippen LogP contribution in [0.15, 0.2) is 73.3 Å². The smallest absolute Gasteiger partial charge is 0.235 e. The summed E-state index contributed by atoms with van der Waals surface area (Å²) in [6, 6.07) is 16.0. The predicted octanol–water partition coefficient (Wildman–Crippen LogP) is 5.18. The highest BCUT2D eigenvalue weighted by Crippen LogP contribution is 2.35. The van der Waals surface area contributed by atoms with E-state index in [1.54, 1.807) is 12.4 Å². The van der Waals surface area contributed by atoms with Gasteiger partial charge in [0, 0.05) is 29.5 Å². The molecule has 4 rings (SSSR count). The van der Waals surface area contributed by atoms with Gasteiger partial charge < -0.3 is 10.3 Å². The highest BCUT2D eigenvalue weighted by molar-refractivity contribution is 5.99. The Kier molecular flexibility index (Phi) is 4.89. The number of pyridine rings is 2. The van der Waals surface area contributed by atoms with Crippen molar-refractivity contribution < 1.29 is 4.79 Å². The number of nitrogens with one attached hydrogen (secondary N) is 2. The predicted molar refractivity (Wildman–Crippen MR) is 117 cm³/mol. The fourth-order valence-electron chi connectivity index (χ4n) is 3.53. The summed E-state index contributed by atoms with van der Waals surface area (Å²) in [6.07, 6.45) is 7.10. The van der Waals surface area contributed by atoms with Gasteiger partial charge in [0.2, 0.25) is 5.91 Å². The lowest BCUT2D eigenvalue weighted by molar-refractivity contribution is -0.122. The zero-order valence-corrected chi connectivity index (χ0v) is 16.8. The van der Waals surface area contributed by atoms with Gasteiger partial charge in [-0.1, -0.05) is 38.1 Å². The number of aromatic nitrogens is 3. The van der Waals surface area contributed by atoms with E-state index in [9.17, 15) is 4.79 Å². The summed E-state index contributed by atoms with van der Waals surface area (Å²) in [7, 11) is 0. The Balaban J connectivity index is 1.64. The maximum atomic E-state index is 13.2. The molecule has 0 saturated carbocycles. The molecule has 0 aliphatic rings. The summed E-state index contributed by atoms with van der Waals surface area (Å²) < 4.78 is 0. The van der Waals surface area contributed by atoms with E-state index >= 15 is 0 Å². The first-order valence-electron chi connectivity index (χ1n) is 9.74. The van der Waals surface area contributed by atoms with Crippen LogP contribution in [0.1, 0.15) is 26.3 Å². The first-order valence-corrected chi connectivity index (χ1v) is 9.74. The lowest BCUT2D eigenvalue weighted by Gasteiger charge is -2.33. The van der Waals surface area contributed by atoms with Crippen LogP contribution in [0.25, 0.3) is 22.2 Å². The third-order valence-corrected chi connectivity index (χ3v) is 5.76. The van der Waals surface area contributed by atoms with Gasteiger partial charge >= 0.3 is 0 Å². The number of anilines is 1. The second kappa shape index (κ2) is 7.51. The molecule has 29 heavy (non-hydrogen) atoms. The SMILES string of the molecule is CC(C)C(C)(C(=O)Nc1cccnc1)c1ccc(-c2cnc3[nH]ccc3c2)cc1. The van der Waals surface area contributed by atoms with Gasteiger partial charge in [-0.25, -0.2) is 4.98 Å². The standard InChI is InChI=1S/C24H24N4O/c1-16(2)24(3,23(29)28-21-5-4-11-25-15-21)20-8-6-17(7-9-20)19-13-18-10-12-26-22(18)27-14-19/h4-16H,1-3H3,(H,26,27)(H,28,29). The monoisotopic (exact) mass is 384 g/mol. The molecule has 3 aromatic heterocycles. The molecule has 1 unspecified atom stereocenters. The molecule has 0 bridgehead atoms. The molecule has 0 radical (unpaired) electrons. The lowest BCUT2D eigenvalue weighted by Crippen LogP contribution is -2.42. The Hall–Kier alpha value is -3.47. The number of fused-ring (bicyclic) bond motifs is 1. The van der Waals surface area contributed by atoms with Crippen molar-refractivity contribution in [2.45, 2.75) is 26.2 Å². The summed E-state index contributed by atoms with van der Waals surface area (Å²) >= 11 is 0. The zero-order valence-electron chi connectivity index (χ0n) is 16.8. The number of nitrogens with zero attached hydrogens (tertiary/aromatic N) is 2. The van der Waals surface area contributed by atoms with Crippen LogP contribution in [0.4, 0.5) is 5.69 Å². The fourth-order valence-corrected chi connectivity index (χ4v) is 3.53. The first kappa shape index (κ1) is 18.9. The Labute approximate surface area is 170 Å². The molecule has 0 aliphatic heterocycles. The molecule has 0 saturated heterocycles. The van der Waals surface area contributed by atoms with Gasteiger partial charge in [0.1, 0.15) is 5.65 Å². The minimum atomic E-state index is -0.669. The second-order valence-electron chi connectivity index (χ2n) is 7.77. The van der Waals surface area contributed by atoms with Crippen molar-refractivity contribution in [1.82, 2.24) is 15.0 Å². The summed E-state index contributed by atoms with van der Waals surface area (Å²) in [5, 5.41) is 4.09. The third-order valence-electron chi connectivity index (χ3n) is 5.76. The molecule has 5 nitrogen and oxygen atoms in total. The van der Waals surface area contributed by atoms with Gasteiger partial charge in [-0.15, -0.1) is 0 Å². The van der Waals surface area contributed by atoms with Crippen LogP contribution >= 0.6 is 0 Å². The van der Waals surface area contributed by atoms with Crippen molar-refractivity contribution in [1.29, 1.82) is 0 Å². The van der Waals surface area contributed by atoms with E-state index in [1.165, 1.54) is 0 Å². The molecule has 1 aromatic carbocycles. The van der Waals surface area contributed by atoms with E-state index < -0.39 is 5.41 Å². The van der Waals surface area contributed by atoms with E-state index in [1.807, 2.05) is 49.6 Å². The van der Waals surface area contributed by atoms with E-state index in [2.05, 4.69) is 52.3 Å². The average Bonchev–Trinajstić information content (AvgIpc) is 3.21. The van der Waals surface area contributed by atoms with Crippen LogP contribution in [0.5, 0.6) is 0 Å². The largest absolute Gasteiger partial charge is 0.346 e. The van der Waals surface area contributed by atoms with Crippen LogP contribution in [0.3, 0.4) is 0 Å². The number of hydrogen-bond acceptors (Lipinski definition) is 3. The molecule has 0 aliphatic carbocycles. The molecule has 3 heterocycles. The van der Waals surface area contributed by atoms with Gasteiger partial charge in [0.25, 0.3) is 0 Å². The minimum Gasteiger partial charge on any atom is -0.346 e. The Bertz CT molecular complexity index is 1130. The van der Waals surface area contributed by atoms with Gasteiger partial charge in [0.15, 0.2) is 0 Å². The molecule has 1 atom stereocenters. The Morgan fingerprint density at radius 3 is 2.55 bits per heavy atom. The third kappa shape index (κ3) is 3.51. The summed E-state index contributed by atoms with van der Waals surface area (Å²) in [6.45, 7) is 6.13. The zero-order chi connectivity index (χ0) is 20.4. The Morgan fingerprint density at radius 2 is 1.86 bits per heavy atom. The van der Waals surface area contributed by atoms with Crippen LogP contribution in [0.2, 0.25) is 0 Å². The molecule has 0 fully saturated rings. The lowest BCUT2D eigenvalue weighted by atomic mass is 9.72. The molecule has 5 heteroatoms. The number of carbonyl (C=O) groups is 1. The number of rotatable bonds is 5. The van der Waals surface area contributed by atoms with Gasteiger partial charge in [-0.05, 0) is 48.2 Å². The van der Waals surface area contributed by atoms with E-state index in [0.29, 0.717) is 5.69 Å². The number of benzene rings is 1. The highest BCUT2D eigenvalue weighted by Gasteiger charge is 2.38. The number of hydrogen-bond donors (Lipinski definition) is 2. The van der Waals surface area contributed by atoms with Gasteiger partial charge in [0.05, 0.1) is 17.3 Å². The number of aromatic amines is 1. The van der Waals surface area contributed by atoms with E-state index in [0.717, 1.165) is 27.7 Å².